The van der Waals surface area contributed by atoms with Crippen LogP contribution >= 0.6 is 70.5 Å². The van der Waals surface area contributed by atoms with Crippen molar-refractivity contribution in [1.29, 1.82) is 0 Å². The highest BCUT2D eigenvalue weighted by molar-refractivity contribution is 9.11. The highest BCUT2D eigenvalue weighted by Gasteiger charge is 2.18. The van der Waals surface area contributed by atoms with Crippen molar-refractivity contribution in [3.05, 3.63) is 125 Å². The maximum atomic E-state index is 13.2. The van der Waals surface area contributed by atoms with Crippen molar-refractivity contribution in [2.24, 2.45) is 0 Å². The van der Waals surface area contributed by atoms with Crippen molar-refractivity contribution in [3.63, 3.8) is 0 Å². The molecule has 16 heteroatoms. The summed E-state index contributed by atoms with van der Waals surface area (Å²) in [5.41, 5.74) is 8.43. The van der Waals surface area contributed by atoms with Crippen molar-refractivity contribution < 1.29 is 7.37 Å². The Balaban J connectivity index is 0.000000221. The molecular formula is C31H26Br3N9O2S2. The summed E-state index contributed by atoms with van der Waals surface area (Å²) in [7, 11) is 0. The molecule has 0 saturated heterocycles. The Kier molecular flexibility index (Phi) is 8.16. The molecule has 0 amide bonds. The molecule has 0 aliphatic rings. The third-order valence-electron chi connectivity index (χ3n) is 7.10. The van der Waals surface area contributed by atoms with Gasteiger partial charge in [0.2, 0.25) is 0 Å². The number of para-hydroxylation sites is 2. The number of aromatic nitrogens is 8. The molecule has 8 rings (SSSR count). The highest BCUT2D eigenvalue weighted by Crippen LogP contribution is 2.28. The lowest BCUT2D eigenvalue weighted by Crippen LogP contribution is -2.24. The van der Waals surface area contributed by atoms with Crippen molar-refractivity contribution >= 4 is 108 Å². The summed E-state index contributed by atoms with van der Waals surface area (Å²) < 4.78 is 26.9. The highest BCUT2D eigenvalue weighted by atomic mass is 79.9. The first kappa shape index (κ1) is 29.1. The van der Waals surface area contributed by atoms with Crippen LogP contribution in [0.4, 0.5) is 5.82 Å². The molecule has 0 unspecified atom stereocenters. The van der Waals surface area contributed by atoms with Crippen LogP contribution in [0.2, 0.25) is 0 Å². The lowest BCUT2D eigenvalue weighted by Gasteiger charge is -2.13. The van der Waals surface area contributed by atoms with Crippen LogP contribution in [0.1, 0.15) is 19.0 Å². The van der Waals surface area contributed by atoms with E-state index in [4.69, 9.17) is 16.7 Å². The molecule has 0 radical (unpaired) electrons. The first-order valence-electron chi connectivity index (χ1n) is 15.8. The Morgan fingerprint density at radius 1 is 0.766 bits per heavy atom. The van der Waals surface area contributed by atoms with Gasteiger partial charge in [-0.3, -0.25) is 18.7 Å². The number of hydrogen-bond acceptors (Lipinski definition) is 10. The predicted octanol–water partition coefficient (Wildman–Crippen LogP) is 7.82. The molecule has 0 aliphatic heterocycles. The number of hydrogen-bond donors (Lipinski definition) is 1. The van der Waals surface area contributed by atoms with E-state index in [9.17, 15) is 9.59 Å². The largest absolute Gasteiger partial charge is 0.382 e. The molecule has 6 heterocycles. The van der Waals surface area contributed by atoms with Crippen LogP contribution in [-0.2, 0) is 11.9 Å². The molecular weight excluding hydrogens is 834 g/mol. The smallest absolute Gasteiger partial charge is 0.266 e. The summed E-state index contributed by atoms with van der Waals surface area (Å²) in [6.07, 6.45) is 3.03. The fourth-order valence-electron chi connectivity index (χ4n) is 5.04. The number of fused-ring (bicyclic) bond motifs is 3. The van der Waals surface area contributed by atoms with E-state index >= 15 is 0 Å². The van der Waals surface area contributed by atoms with Gasteiger partial charge in [0.1, 0.15) is 33.2 Å². The first-order chi connectivity index (χ1) is 24.8. The normalized spacial score (nSPS) is 11.6. The quantitative estimate of drug-likeness (QED) is 0.173. The second-order valence-corrected chi connectivity index (χ2v) is 15.4. The molecule has 2 aromatic carbocycles. The maximum Gasteiger partial charge on any atom is 0.266 e. The molecule has 0 spiro atoms. The lowest BCUT2D eigenvalue weighted by atomic mass is 10.3. The van der Waals surface area contributed by atoms with Crippen LogP contribution in [0.5, 0.6) is 0 Å². The third kappa shape index (κ3) is 6.07. The average Bonchev–Trinajstić information content (AvgIpc) is 3.87. The molecule has 0 atom stereocenters. The van der Waals surface area contributed by atoms with Gasteiger partial charge < -0.3 is 10.3 Å². The zero-order valence-corrected chi connectivity index (χ0v) is 30.3. The van der Waals surface area contributed by atoms with E-state index in [0.717, 1.165) is 23.8 Å². The number of nitrogens with zero attached hydrogens (tertiary/aromatic N) is 8. The minimum Gasteiger partial charge on any atom is -0.382 e. The van der Waals surface area contributed by atoms with Gasteiger partial charge in [0.25, 0.3) is 11.1 Å². The van der Waals surface area contributed by atoms with Crippen LogP contribution in [-0.4, -0.2) is 38.6 Å². The van der Waals surface area contributed by atoms with E-state index < -0.39 is 0 Å². The number of nitrogen functional groups attached to an aromatic ring is 1. The molecule has 6 aromatic heterocycles. The van der Waals surface area contributed by atoms with Gasteiger partial charge in [-0.15, -0.1) is 22.7 Å². The summed E-state index contributed by atoms with van der Waals surface area (Å²) in [6.45, 7) is 0.308. The van der Waals surface area contributed by atoms with Crippen molar-refractivity contribution in [2.45, 2.75) is 11.9 Å². The fourth-order valence-corrected chi connectivity index (χ4v) is 8.33. The minimum absolute atomic E-state index is 0. The Hall–Kier alpha value is -4.09. The molecule has 0 aliphatic carbocycles. The van der Waals surface area contributed by atoms with Gasteiger partial charge in [0.05, 0.1) is 47.9 Å². The van der Waals surface area contributed by atoms with Crippen LogP contribution in [0, 0.1) is 0 Å². The molecule has 0 fully saturated rings. The van der Waals surface area contributed by atoms with Gasteiger partial charge >= 0.3 is 0 Å². The van der Waals surface area contributed by atoms with E-state index in [-0.39, 0.29) is 12.5 Å². The van der Waals surface area contributed by atoms with Crippen LogP contribution in [0.25, 0.3) is 43.0 Å². The number of nitrogens with two attached hydrogens (primary N) is 1. The standard InChI is InChI=1S/C18H12BrN7OS.C13H8Br2N2OS.3H2/c19-12-6-11-17(28-12)24-13(26(18(11)27)10-4-2-1-3-5-10)7-25-9-23-14-15(20)21-8-22-16(14)25;14-7-11-16-12-9(6-10(15)19-12)13(18)17(11)8-4-2-1-3-5-8;;;/h1-6,8-9H,7H2,(H2,20,21,22);1-6H,7H2;3*1H/i;;2*1+1D;1+1. The van der Waals surface area contributed by atoms with Crippen LogP contribution < -0.4 is 16.9 Å². The number of anilines is 1. The van der Waals surface area contributed by atoms with Crippen LogP contribution in [0.15, 0.2) is 103 Å². The minimum atomic E-state index is -0.119. The molecule has 0 saturated carbocycles. The van der Waals surface area contributed by atoms with E-state index in [1.165, 1.54) is 29.0 Å². The molecule has 47 heavy (non-hydrogen) atoms. The maximum absolute atomic E-state index is 13.2. The zero-order valence-electron chi connectivity index (χ0n) is 27.9. The van der Waals surface area contributed by atoms with E-state index in [0.29, 0.717) is 56.1 Å². The summed E-state index contributed by atoms with van der Waals surface area (Å²) >= 11 is 13.2. The summed E-state index contributed by atoms with van der Waals surface area (Å²) in [4.78, 5) is 49.2. The lowest BCUT2D eigenvalue weighted by molar-refractivity contribution is 0.719. The Bertz CT molecular complexity index is 2550. The Morgan fingerprint density at radius 3 is 1.85 bits per heavy atom. The van der Waals surface area contributed by atoms with Crippen molar-refractivity contribution in [1.82, 2.24) is 38.6 Å². The number of imidazole rings is 1. The summed E-state index contributed by atoms with van der Waals surface area (Å²) in [5, 5.41) is 1.75. The average molecular weight is 865 g/mol. The number of halogens is 3. The topological polar surface area (TPSA) is 139 Å². The van der Waals surface area contributed by atoms with Gasteiger partial charge in [-0.2, -0.15) is 0 Å². The van der Waals surface area contributed by atoms with E-state index in [1.54, 1.807) is 21.5 Å². The fraction of sp³-hybridized carbons (Fsp3) is 0.0645. The molecule has 2 N–H and O–H groups in total. The molecule has 11 nitrogen and oxygen atoms in total. The predicted molar refractivity (Wildman–Crippen MR) is 204 cm³/mol. The SMILES string of the molecule is Nc1ncnc2c1ncn2Cc1nc2sc(Br)cc2c(=O)n1-c1ccccc1.O=c1c2cc(Br)sc2nc(CBr)n1-c1ccccc1.[2HH].[2H][2H].[2H][2H]. The summed E-state index contributed by atoms with van der Waals surface area (Å²) in [6, 6.07) is 22.6. The van der Waals surface area contributed by atoms with E-state index in [2.05, 4.69) is 67.7 Å². The van der Waals surface area contributed by atoms with Crippen LogP contribution in [0.3, 0.4) is 0 Å². The molecule has 240 valence electrons. The summed E-state index contributed by atoms with van der Waals surface area (Å²) in [5.74, 6) is 1.60. The first-order valence-corrected chi connectivity index (χ1v) is 18.2. The molecule has 0 bridgehead atoms. The van der Waals surface area contributed by atoms with Gasteiger partial charge in [-0.05, 0) is 68.3 Å². The van der Waals surface area contributed by atoms with Crippen molar-refractivity contribution in [3.8, 4) is 11.4 Å². The molecule has 8 aromatic rings. The van der Waals surface area contributed by atoms with Crippen molar-refractivity contribution in [2.75, 3.05) is 5.73 Å². The van der Waals surface area contributed by atoms with E-state index in [1.807, 2.05) is 71.3 Å². The van der Waals surface area contributed by atoms with Gasteiger partial charge in [-0.25, -0.2) is 24.9 Å². The number of thiophene rings is 2. The van der Waals surface area contributed by atoms with Gasteiger partial charge in [-0.1, -0.05) is 52.3 Å². The second kappa shape index (κ2) is 13.2. The third-order valence-corrected chi connectivity index (χ3v) is 10.7. The number of benzene rings is 2. The monoisotopic (exact) mass is 862 g/mol. The Morgan fingerprint density at radius 2 is 1.30 bits per heavy atom. The van der Waals surface area contributed by atoms with Gasteiger partial charge in [0, 0.05) is 7.37 Å². The Labute approximate surface area is 306 Å². The second-order valence-electron chi connectivity index (χ2n) is 9.98. The number of alkyl halides is 1. The number of rotatable bonds is 5. The van der Waals surface area contributed by atoms with Gasteiger partial charge in [0.15, 0.2) is 11.5 Å². The zero-order chi connectivity index (χ0) is 36.7.